The minimum atomic E-state index is -0.995. The Hall–Kier alpha value is -1.51. The molecule has 0 radical (unpaired) electrons. The molecule has 1 aromatic rings. The Morgan fingerprint density at radius 3 is 2.81 bits per heavy atom. The normalized spacial score (nSPS) is 21.6. The van der Waals surface area contributed by atoms with Gasteiger partial charge in [0, 0.05) is 5.69 Å². The molecule has 1 aromatic carbocycles. The van der Waals surface area contributed by atoms with Gasteiger partial charge in [-0.05, 0) is 34.9 Å². The summed E-state index contributed by atoms with van der Waals surface area (Å²) in [6, 6.07) is 5.86. The van der Waals surface area contributed by atoms with Crippen molar-refractivity contribution in [3.63, 3.8) is 0 Å². The van der Waals surface area contributed by atoms with E-state index in [1.807, 2.05) is 12.1 Å². The lowest BCUT2D eigenvalue weighted by Gasteiger charge is -2.19. The van der Waals surface area contributed by atoms with Gasteiger partial charge in [-0.15, -0.1) is 0 Å². The van der Waals surface area contributed by atoms with Crippen LogP contribution in [0.5, 0.6) is 0 Å². The maximum atomic E-state index is 10.7. The van der Waals surface area contributed by atoms with Crippen molar-refractivity contribution in [3.05, 3.63) is 29.3 Å². The summed E-state index contributed by atoms with van der Waals surface area (Å²) < 4.78 is 0. The predicted octanol–water partition coefficient (Wildman–Crippen LogP) is 3.56. The molecular weight excluding hydrogens is 202 g/mol. The highest BCUT2D eigenvalue weighted by Crippen LogP contribution is 2.48. The van der Waals surface area contributed by atoms with Crippen molar-refractivity contribution in [2.75, 3.05) is 5.32 Å². The van der Waals surface area contributed by atoms with Gasteiger partial charge in [0.2, 0.25) is 0 Å². The lowest BCUT2D eigenvalue weighted by molar-refractivity contribution is 0.209. The molecule has 0 bridgehead atoms. The molecule has 2 N–H and O–H groups in total. The third-order valence-electron chi connectivity index (χ3n) is 3.39. The Labute approximate surface area is 95.5 Å². The van der Waals surface area contributed by atoms with Crippen molar-refractivity contribution in [2.24, 2.45) is 0 Å². The summed E-state index contributed by atoms with van der Waals surface area (Å²) in [4.78, 5) is 10.7. The van der Waals surface area contributed by atoms with Gasteiger partial charge in [0.1, 0.15) is 0 Å². The van der Waals surface area contributed by atoms with Crippen molar-refractivity contribution in [1.82, 2.24) is 0 Å². The summed E-state index contributed by atoms with van der Waals surface area (Å²) in [6.07, 6.45) is 0.0750. The molecule has 86 valence electrons. The fraction of sp³-hybridized carbons (Fsp3) is 0.462. The van der Waals surface area contributed by atoms with E-state index < -0.39 is 6.09 Å². The number of anilines is 1. The van der Waals surface area contributed by atoms with Crippen LogP contribution < -0.4 is 5.32 Å². The van der Waals surface area contributed by atoms with Crippen LogP contribution in [0, 0.1) is 0 Å². The molecule has 0 spiro atoms. The average molecular weight is 219 g/mol. The maximum absolute atomic E-state index is 10.7. The van der Waals surface area contributed by atoms with Crippen LogP contribution in [0.1, 0.15) is 44.2 Å². The van der Waals surface area contributed by atoms with E-state index in [-0.39, 0.29) is 5.41 Å². The van der Waals surface area contributed by atoms with Crippen LogP contribution in [0.15, 0.2) is 18.2 Å². The molecule has 1 amide bonds. The SMILES string of the molecule is CC1CC(C)(C)c2cccc(NC(=O)O)c21. The van der Waals surface area contributed by atoms with Gasteiger partial charge in [-0.3, -0.25) is 5.32 Å². The van der Waals surface area contributed by atoms with Crippen molar-refractivity contribution in [3.8, 4) is 0 Å². The number of carboxylic acid groups (broad SMARTS) is 1. The van der Waals surface area contributed by atoms with Gasteiger partial charge in [-0.1, -0.05) is 32.9 Å². The predicted molar refractivity (Wildman–Crippen MR) is 64.1 cm³/mol. The Bertz CT molecular complexity index is 438. The second-order valence-corrected chi connectivity index (χ2v) is 5.19. The van der Waals surface area contributed by atoms with Gasteiger partial charge in [0.25, 0.3) is 0 Å². The molecule has 0 fully saturated rings. The first-order chi connectivity index (χ1) is 7.42. The summed E-state index contributed by atoms with van der Waals surface area (Å²) in [5.41, 5.74) is 3.31. The van der Waals surface area contributed by atoms with Crippen LogP contribution in [-0.4, -0.2) is 11.2 Å². The summed E-state index contributed by atoms with van der Waals surface area (Å²) in [7, 11) is 0. The highest BCUT2D eigenvalue weighted by atomic mass is 16.4. The smallest absolute Gasteiger partial charge is 0.409 e. The van der Waals surface area contributed by atoms with Crippen LogP contribution in [-0.2, 0) is 5.41 Å². The lowest BCUT2D eigenvalue weighted by Crippen LogP contribution is -2.13. The van der Waals surface area contributed by atoms with E-state index in [0.717, 1.165) is 17.7 Å². The molecule has 0 saturated carbocycles. The number of fused-ring (bicyclic) bond motifs is 1. The number of hydrogen-bond donors (Lipinski definition) is 2. The van der Waals surface area contributed by atoms with E-state index in [0.29, 0.717) is 5.92 Å². The molecule has 0 saturated heterocycles. The zero-order chi connectivity index (χ0) is 11.9. The lowest BCUT2D eigenvalue weighted by atomic mass is 9.86. The summed E-state index contributed by atoms with van der Waals surface area (Å²) in [5.74, 6) is 0.410. The summed E-state index contributed by atoms with van der Waals surface area (Å²) >= 11 is 0. The Morgan fingerprint density at radius 2 is 2.19 bits per heavy atom. The molecule has 0 aliphatic heterocycles. The molecule has 1 atom stereocenters. The molecule has 3 heteroatoms. The quantitative estimate of drug-likeness (QED) is 0.758. The van der Waals surface area contributed by atoms with Gasteiger partial charge in [-0.25, -0.2) is 4.79 Å². The number of amides is 1. The number of hydrogen-bond acceptors (Lipinski definition) is 1. The van der Waals surface area contributed by atoms with Gasteiger partial charge in [-0.2, -0.15) is 0 Å². The van der Waals surface area contributed by atoms with E-state index in [1.54, 1.807) is 0 Å². The molecule has 1 aliphatic rings. The second kappa shape index (κ2) is 3.51. The van der Waals surface area contributed by atoms with Crippen LogP contribution in [0.2, 0.25) is 0 Å². The van der Waals surface area contributed by atoms with E-state index in [2.05, 4.69) is 32.2 Å². The topological polar surface area (TPSA) is 49.3 Å². The molecule has 0 aromatic heterocycles. The first-order valence-corrected chi connectivity index (χ1v) is 5.55. The standard InChI is InChI=1S/C13H17NO2/c1-8-7-13(2,3)9-5-4-6-10(11(8)9)14-12(15)16/h4-6,8,14H,7H2,1-3H3,(H,15,16). The molecule has 1 aliphatic carbocycles. The molecule has 0 heterocycles. The number of nitrogens with one attached hydrogen (secondary N) is 1. The van der Waals surface area contributed by atoms with Crippen LogP contribution in [0.25, 0.3) is 0 Å². The van der Waals surface area contributed by atoms with Gasteiger partial charge in [0.05, 0.1) is 0 Å². The highest BCUT2D eigenvalue weighted by Gasteiger charge is 2.36. The largest absolute Gasteiger partial charge is 0.465 e. The Kier molecular flexibility index (Phi) is 2.41. The van der Waals surface area contributed by atoms with Crippen LogP contribution >= 0.6 is 0 Å². The molecule has 16 heavy (non-hydrogen) atoms. The van der Waals surface area contributed by atoms with E-state index >= 15 is 0 Å². The summed E-state index contributed by atoms with van der Waals surface area (Å²) in [5, 5.41) is 11.3. The van der Waals surface area contributed by atoms with E-state index in [1.165, 1.54) is 5.56 Å². The fourth-order valence-electron chi connectivity index (χ4n) is 2.89. The maximum Gasteiger partial charge on any atom is 0.409 e. The van der Waals surface area contributed by atoms with Gasteiger partial charge >= 0.3 is 6.09 Å². The number of carbonyl (C=O) groups is 1. The number of benzene rings is 1. The first-order valence-electron chi connectivity index (χ1n) is 5.55. The van der Waals surface area contributed by atoms with E-state index in [4.69, 9.17) is 5.11 Å². The van der Waals surface area contributed by atoms with Crippen molar-refractivity contribution in [1.29, 1.82) is 0 Å². The van der Waals surface area contributed by atoms with Crippen molar-refractivity contribution in [2.45, 2.75) is 38.5 Å². The highest BCUT2D eigenvalue weighted by molar-refractivity contribution is 5.85. The third-order valence-corrected chi connectivity index (χ3v) is 3.39. The molecular formula is C13H17NO2. The molecule has 1 unspecified atom stereocenters. The second-order valence-electron chi connectivity index (χ2n) is 5.19. The number of rotatable bonds is 1. The zero-order valence-electron chi connectivity index (χ0n) is 9.87. The Balaban J connectivity index is 2.52. The minimum Gasteiger partial charge on any atom is -0.465 e. The first kappa shape index (κ1) is 11.0. The Morgan fingerprint density at radius 1 is 1.50 bits per heavy atom. The summed E-state index contributed by atoms with van der Waals surface area (Å²) in [6.45, 7) is 6.57. The van der Waals surface area contributed by atoms with Crippen LogP contribution in [0.3, 0.4) is 0 Å². The monoisotopic (exact) mass is 219 g/mol. The van der Waals surface area contributed by atoms with Crippen molar-refractivity contribution < 1.29 is 9.90 Å². The van der Waals surface area contributed by atoms with Gasteiger partial charge < -0.3 is 5.11 Å². The fourth-order valence-corrected chi connectivity index (χ4v) is 2.89. The van der Waals surface area contributed by atoms with Gasteiger partial charge in [0.15, 0.2) is 0 Å². The molecule has 3 nitrogen and oxygen atoms in total. The minimum absolute atomic E-state index is 0.144. The average Bonchev–Trinajstić information content (AvgIpc) is 2.37. The molecule has 2 rings (SSSR count). The van der Waals surface area contributed by atoms with Crippen LogP contribution in [0.4, 0.5) is 10.5 Å². The zero-order valence-corrected chi connectivity index (χ0v) is 9.87. The van der Waals surface area contributed by atoms with Crippen molar-refractivity contribution >= 4 is 11.8 Å². The van der Waals surface area contributed by atoms with E-state index in [9.17, 15) is 4.79 Å². The third kappa shape index (κ3) is 1.66.